The zero-order chi connectivity index (χ0) is 15.8. The topological polar surface area (TPSA) is 57.6 Å². The third-order valence-corrected chi connectivity index (χ3v) is 6.30. The van der Waals surface area contributed by atoms with Crippen LogP contribution in [-0.2, 0) is 16.6 Å². The molecule has 0 amide bonds. The molecule has 2 rings (SSSR count). The summed E-state index contributed by atoms with van der Waals surface area (Å²) in [5.74, 6) is -0.565. The van der Waals surface area contributed by atoms with Gasteiger partial charge in [0.15, 0.2) is 0 Å². The maximum Gasteiger partial charge on any atom is 0.243 e. The van der Waals surface area contributed by atoms with Gasteiger partial charge in [0.2, 0.25) is 10.0 Å². The van der Waals surface area contributed by atoms with Gasteiger partial charge >= 0.3 is 0 Å². The predicted molar refractivity (Wildman–Crippen MR) is 79.1 cm³/mol. The van der Waals surface area contributed by atoms with Gasteiger partial charge in [0.05, 0.1) is 16.5 Å². The Kier molecular flexibility index (Phi) is 4.92. The van der Waals surface area contributed by atoms with Crippen LogP contribution in [0.15, 0.2) is 17.0 Å². The van der Waals surface area contributed by atoms with Crippen molar-refractivity contribution in [2.24, 2.45) is 5.92 Å². The standard InChI is InChI=1S/C14H19ClFNO3S/c1-9-3-4-10(2)17(7-9)21(19,20)12-5-11(8-18)14(15)13(16)6-12/h5-6,9-10,18H,3-4,7-8H2,1-2H3. The number of sulfonamides is 1. The molecule has 118 valence electrons. The van der Waals surface area contributed by atoms with E-state index in [0.29, 0.717) is 6.54 Å². The van der Waals surface area contributed by atoms with E-state index < -0.39 is 22.4 Å². The molecule has 1 saturated heterocycles. The quantitative estimate of drug-likeness (QED) is 0.924. The van der Waals surface area contributed by atoms with E-state index in [0.717, 1.165) is 18.9 Å². The molecule has 1 aromatic rings. The first-order valence-electron chi connectivity index (χ1n) is 6.88. The molecule has 1 heterocycles. The molecule has 0 saturated carbocycles. The molecule has 2 atom stereocenters. The highest BCUT2D eigenvalue weighted by Crippen LogP contribution is 2.31. The Hall–Kier alpha value is -0.690. The van der Waals surface area contributed by atoms with Gasteiger partial charge in [-0.25, -0.2) is 12.8 Å². The number of piperidine rings is 1. The van der Waals surface area contributed by atoms with Crippen molar-refractivity contribution in [2.45, 2.75) is 44.2 Å². The number of benzene rings is 1. The van der Waals surface area contributed by atoms with Crippen molar-refractivity contribution < 1.29 is 17.9 Å². The Morgan fingerprint density at radius 3 is 2.67 bits per heavy atom. The van der Waals surface area contributed by atoms with E-state index in [2.05, 4.69) is 0 Å². The van der Waals surface area contributed by atoms with E-state index >= 15 is 0 Å². The normalized spacial score (nSPS) is 24.2. The lowest BCUT2D eigenvalue weighted by Crippen LogP contribution is -2.44. The van der Waals surface area contributed by atoms with Crippen LogP contribution >= 0.6 is 11.6 Å². The van der Waals surface area contributed by atoms with Gasteiger partial charge in [-0.3, -0.25) is 0 Å². The summed E-state index contributed by atoms with van der Waals surface area (Å²) in [5, 5.41) is 8.94. The zero-order valence-corrected chi connectivity index (χ0v) is 13.6. The van der Waals surface area contributed by atoms with E-state index in [4.69, 9.17) is 11.6 Å². The molecule has 0 bridgehead atoms. The van der Waals surface area contributed by atoms with E-state index in [1.807, 2.05) is 13.8 Å². The highest BCUT2D eigenvalue weighted by Gasteiger charge is 2.34. The van der Waals surface area contributed by atoms with Crippen molar-refractivity contribution in [2.75, 3.05) is 6.54 Å². The minimum Gasteiger partial charge on any atom is -0.392 e. The van der Waals surface area contributed by atoms with Gasteiger partial charge in [-0.15, -0.1) is 0 Å². The Morgan fingerprint density at radius 1 is 1.38 bits per heavy atom. The minimum atomic E-state index is -3.79. The van der Waals surface area contributed by atoms with Crippen LogP contribution < -0.4 is 0 Å². The van der Waals surface area contributed by atoms with Gasteiger partial charge < -0.3 is 5.11 Å². The predicted octanol–water partition coefficient (Wildman–Crippen LogP) is 2.78. The molecule has 7 heteroatoms. The summed E-state index contributed by atoms with van der Waals surface area (Å²) in [4.78, 5) is -0.158. The second kappa shape index (κ2) is 6.20. The molecular formula is C14H19ClFNO3S. The smallest absolute Gasteiger partial charge is 0.243 e. The van der Waals surface area contributed by atoms with Gasteiger partial charge in [-0.1, -0.05) is 18.5 Å². The molecule has 4 nitrogen and oxygen atoms in total. The Bertz CT molecular complexity index is 635. The van der Waals surface area contributed by atoms with Gasteiger partial charge in [-0.05, 0) is 37.8 Å². The van der Waals surface area contributed by atoms with Crippen molar-refractivity contribution in [3.8, 4) is 0 Å². The van der Waals surface area contributed by atoms with Gasteiger partial charge in [0.25, 0.3) is 0 Å². The maximum atomic E-state index is 13.8. The molecule has 1 aliphatic heterocycles. The van der Waals surface area contributed by atoms with Crippen molar-refractivity contribution in [3.63, 3.8) is 0 Å². The van der Waals surface area contributed by atoms with Crippen molar-refractivity contribution >= 4 is 21.6 Å². The molecule has 1 aromatic carbocycles. The minimum absolute atomic E-state index is 0.0768. The summed E-state index contributed by atoms with van der Waals surface area (Å²) in [6.45, 7) is 3.76. The van der Waals surface area contributed by atoms with E-state index in [-0.39, 0.29) is 27.4 Å². The fourth-order valence-corrected chi connectivity index (χ4v) is 4.61. The highest BCUT2D eigenvalue weighted by atomic mass is 35.5. The third kappa shape index (κ3) is 3.23. The van der Waals surface area contributed by atoms with Crippen molar-refractivity contribution in [1.29, 1.82) is 0 Å². The average Bonchev–Trinajstić information content (AvgIpc) is 2.44. The third-order valence-electron chi connectivity index (χ3n) is 3.91. The van der Waals surface area contributed by atoms with Gasteiger partial charge in [0, 0.05) is 18.2 Å². The van der Waals surface area contributed by atoms with Gasteiger partial charge in [-0.2, -0.15) is 4.31 Å². The summed E-state index contributed by atoms with van der Waals surface area (Å²) < 4.78 is 40.6. The van der Waals surface area contributed by atoms with Crippen molar-refractivity contribution in [3.05, 3.63) is 28.5 Å². The molecule has 0 radical (unpaired) electrons. The fourth-order valence-electron chi connectivity index (χ4n) is 2.60. The van der Waals surface area contributed by atoms with Crippen molar-refractivity contribution in [1.82, 2.24) is 4.31 Å². The molecule has 1 fully saturated rings. The first-order chi connectivity index (χ1) is 9.77. The van der Waals surface area contributed by atoms with E-state index in [9.17, 15) is 17.9 Å². The van der Waals surface area contributed by atoms with Crippen LogP contribution in [0, 0.1) is 11.7 Å². The van der Waals surface area contributed by atoms with Crippen LogP contribution in [0.1, 0.15) is 32.3 Å². The summed E-state index contributed by atoms with van der Waals surface area (Å²) >= 11 is 5.71. The zero-order valence-electron chi connectivity index (χ0n) is 12.0. The first kappa shape index (κ1) is 16.7. The lowest BCUT2D eigenvalue weighted by molar-refractivity contribution is 0.218. The molecular weight excluding hydrogens is 317 g/mol. The SMILES string of the molecule is CC1CCC(C)N(S(=O)(=O)c2cc(F)c(Cl)c(CO)c2)C1. The summed E-state index contributed by atoms with van der Waals surface area (Å²) in [6, 6.07) is 2.04. The van der Waals surface area contributed by atoms with Crippen LogP contribution in [0.5, 0.6) is 0 Å². The monoisotopic (exact) mass is 335 g/mol. The number of nitrogens with zero attached hydrogens (tertiary/aromatic N) is 1. The largest absolute Gasteiger partial charge is 0.392 e. The van der Waals surface area contributed by atoms with Gasteiger partial charge in [0.1, 0.15) is 5.82 Å². The number of hydrogen-bond acceptors (Lipinski definition) is 3. The highest BCUT2D eigenvalue weighted by molar-refractivity contribution is 7.89. The fraction of sp³-hybridized carbons (Fsp3) is 0.571. The van der Waals surface area contributed by atoms with E-state index in [1.54, 1.807) is 0 Å². The van der Waals surface area contributed by atoms with Crippen LogP contribution in [0.4, 0.5) is 4.39 Å². The molecule has 2 unspecified atom stereocenters. The first-order valence-corrected chi connectivity index (χ1v) is 8.69. The Balaban J connectivity index is 2.46. The molecule has 1 N–H and O–H groups in total. The average molecular weight is 336 g/mol. The number of hydrogen-bond donors (Lipinski definition) is 1. The summed E-state index contributed by atoms with van der Waals surface area (Å²) in [6.07, 6.45) is 1.76. The molecule has 0 aromatic heterocycles. The number of aliphatic hydroxyl groups excluding tert-OH is 1. The van der Waals surface area contributed by atoms with Crippen LogP contribution in [-0.4, -0.2) is 30.4 Å². The number of halogens is 2. The maximum absolute atomic E-state index is 13.8. The Morgan fingerprint density at radius 2 is 2.05 bits per heavy atom. The Labute approximate surface area is 129 Å². The van der Waals surface area contributed by atoms with E-state index in [1.165, 1.54) is 10.4 Å². The molecule has 21 heavy (non-hydrogen) atoms. The molecule has 1 aliphatic rings. The molecule has 0 spiro atoms. The second-order valence-electron chi connectivity index (χ2n) is 5.64. The summed E-state index contributed by atoms with van der Waals surface area (Å²) in [7, 11) is -3.79. The second-order valence-corrected chi connectivity index (χ2v) is 7.91. The van der Waals surface area contributed by atoms with Crippen LogP contribution in [0.3, 0.4) is 0 Å². The number of aliphatic hydroxyl groups is 1. The lowest BCUT2D eigenvalue weighted by atomic mass is 9.97. The van der Waals surface area contributed by atoms with Crippen LogP contribution in [0.25, 0.3) is 0 Å². The number of rotatable bonds is 3. The lowest BCUT2D eigenvalue weighted by Gasteiger charge is -2.35. The molecule has 0 aliphatic carbocycles. The summed E-state index contributed by atoms with van der Waals surface area (Å²) in [5.41, 5.74) is 0.0768. The van der Waals surface area contributed by atoms with Crippen LogP contribution in [0.2, 0.25) is 5.02 Å².